The molecule has 1 unspecified atom stereocenters. The summed E-state index contributed by atoms with van der Waals surface area (Å²) in [6.07, 6.45) is -0.756. The van der Waals surface area contributed by atoms with Crippen molar-refractivity contribution in [1.82, 2.24) is 10.2 Å². The van der Waals surface area contributed by atoms with Gasteiger partial charge in [-0.05, 0) is 37.1 Å². The fourth-order valence-corrected chi connectivity index (χ4v) is 2.84. The van der Waals surface area contributed by atoms with Gasteiger partial charge in [-0.25, -0.2) is 4.79 Å². The molecule has 2 aromatic carbocycles. The van der Waals surface area contributed by atoms with Gasteiger partial charge in [0.25, 0.3) is 0 Å². The number of aliphatic hydroxyl groups excluding tert-OH is 1. The molecule has 0 fully saturated rings. The van der Waals surface area contributed by atoms with Crippen LogP contribution in [-0.2, 0) is 11.3 Å². The zero-order valence-electron chi connectivity index (χ0n) is 18.5. The molecule has 0 bridgehead atoms. The Bertz CT molecular complexity index is 827. The molecule has 6 nitrogen and oxygen atoms in total. The summed E-state index contributed by atoms with van der Waals surface area (Å²) in [6, 6.07) is 16.3. The predicted molar refractivity (Wildman–Crippen MR) is 120 cm³/mol. The first-order valence-electron chi connectivity index (χ1n) is 10.3. The van der Waals surface area contributed by atoms with E-state index in [2.05, 4.69) is 10.6 Å². The highest BCUT2D eigenvalue weighted by molar-refractivity contribution is 5.89. The summed E-state index contributed by atoms with van der Waals surface area (Å²) in [5.74, 6) is -0.00979. The molecule has 0 spiro atoms. The SMILES string of the molecule is CC(C)N(CC(O)c1ccccc1)C(=O)Nc1ccc(CNC(=O)C(C)(C)C)cc1. The number of nitrogens with one attached hydrogen (secondary N) is 2. The van der Waals surface area contributed by atoms with Gasteiger partial charge in [0.1, 0.15) is 0 Å². The summed E-state index contributed by atoms with van der Waals surface area (Å²) in [6.45, 7) is 10.1. The summed E-state index contributed by atoms with van der Waals surface area (Å²) in [5, 5.41) is 16.3. The van der Waals surface area contributed by atoms with Crippen molar-refractivity contribution in [3.05, 3.63) is 65.7 Å². The molecule has 0 saturated heterocycles. The van der Waals surface area contributed by atoms with Gasteiger partial charge in [0.2, 0.25) is 5.91 Å². The van der Waals surface area contributed by atoms with Crippen LogP contribution < -0.4 is 10.6 Å². The van der Waals surface area contributed by atoms with Gasteiger partial charge >= 0.3 is 6.03 Å². The number of rotatable bonds is 7. The summed E-state index contributed by atoms with van der Waals surface area (Å²) in [4.78, 5) is 26.4. The summed E-state index contributed by atoms with van der Waals surface area (Å²) in [5.41, 5.74) is 1.95. The number of amides is 3. The number of carbonyl (C=O) groups excluding carboxylic acids is 2. The van der Waals surface area contributed by atoms with Gasteiger partial charge in [-0.3, -0.25) is 4.79 Å². The van der Waals surface area contributed by atoms with Crippen LogP contribution in [0.2, 0.25) is 0 Å². The average Bonchev–Trinajstić information content (AvgIpc) is 2.70. The lowest BCUT2D eigenvalue weighted by Gasteiger charge is -2.29. The fourth-order valence-electron chi connectivity index (χ4n) is 2.84. The third-order valence-electron chi connectivity index (χ3n) is 4.78. The van der Waals surface area contributed by atoms with Crippen LogP contribution in [0, 0.1) is 5.41 Å². The van der Waals surface area contributed by atoms with Gasteiger partial charge in [-0.15, -0.1) is 0 Å². The second-order valence-corrected chi connectivity index (χ2v) is 8.73. The number of benzene rings is 2. The van der Waals surface area contributed by atoms with Crippen LogP contribution >= 0.6 is 0 Å². The van der Waals surface area contributed by atoms with Gasteiger partial charge < -0.3 is 20.6 Å². The molecule has 3 N–H and O–H groups in total. The van der Waals surface area contributed by atoms with Crippen molar-refractivity contribution in [1.29, 1.82) is 0 Å². The van der Waals surface area contributed by atoms with E-state index < -0.39 is 11.5 Å². The molecule has 0 radical (unpaired) electrons. The largest absolute Gasteiger partial charge is 0.387 e. The van der Waals surface area contributed by atoms with Crippen molar-refractivity contribution in [2.75, 3.05) is 11.9 Å². The summed E-state index contributed by atoms with van der Waals surface area (Å²) in [7, 11) is 0. The number of hydrogen-bond acceptors (Lipinski definition) is 3. The van der Waals surface area contributed by atoms with Gasteiger partial charge in [-0.1, -0.05) is 63.2 Å². The van der Waals surface area contributed by atoms with Crippen molar-refractivity contribution in [3.63, 3.8) is 0 Å². The maximum atomic E-state index is 12.8. The molecular weight excluding hydrogens is 378 g/mol. The molecule has 2 aromatic rings. The Balaban J connectivity index is 1.96. The Morgan fingerprint density at radius 2 is 1.60 bits per heavy atom. The zero-order valence-corrected chi connectivity index (χ0v) is 18.5. The van der Waals surface area contributed by atoms with E-state index in [4.69, 9.17) is 0 Å². The van der Waals surface area contributed by atoms with Crippen LogP contribution in [0.4, 0.5) is 10.5 Å². The van der Waals surface area contributed by atoms with E-state index in [1.54, 1.807) is 4.90 Å². The zero-order chi connectivity index (χ0) is 22.3. The number of nitrogens with zero attached hydrogens (tertiary/aromatic N) is 1. The fraction of sp³-hybridized carbons (Fsp3) is 0.417. The first kappa shape index (κ1) is 23.4. The number of anilines is 1. The van der Waals surface area contributed by atoms with E-state index in [0.29, 0.717) is 12.2 Å². The Morgan fingerprint density at radius 1 is 1.00 bits per heavy atom. The molecule has 0 aliphatic carbocycles. The standard InChI is InChI=1S/C24H33N3O3/c1-17(2)27(16-21(28)19-9-7-6-8-10-19)23(30)26-20-13-11-18(12-14-20)15-25-22(29)24(3,4)5/h6-14,17,21,28H,15-16H2,1-5H3,(H,25,29)(H,26,30). The van der Waals surface area contributed by atoms with Gasteiger partial charge in [0.05, 0.1) is 12.6 Å². The van der Waals surface area contributed by atoms with Crippen LogP contribution in [0.25, 0.3) is 0 Å². The Hall–Kier alpha value is -2.86. The van der Waals surface area contributed by atoms with Gasteiger partial charge in [-0.2, -0.15) is 0 Å². The molecule has 30 heavy (non-hydrogen) atoms. The van der Waals surface area contributed by atoms with Crippen molar-refractivity contribution < 1.29 is 14.7 Å². The van der Waals surface area contributed by atoms with E-state index >= 15 is 0 Å². The van der Waals surface area contributed by atoms with Crippen molar-refractivity contribution in [3.8, 4) is 0 Å². The van der Waals surface area contributed by atoms with Crippen molar-refractivity contribution in [2.45, 2.75) is 53.3 Å². The lowest BCUT2D eigenvalue weighted by molar-refractivity contribution is -0.128. The van der Waals surface area contributed by atoms with E-state index in [1.165, 1.54) is 0 Å². The molecule has 0 aliphatic heterocycles. The second-order valence-electron chi connectivity index (χ2n) is 8.73. The molecule has 0 aliphatic rings. The van der Waals surface area contributed by atoms with Crippen molar-refractivity contribution in [2.24, 2.45) is 5.41 Å². The van der Waals surface area contributed by atoms with Gasteiger partial charge in [0, 0.05) is 23.7 Å². The van der Waals surface area contributed by atoms with Crippen molar-refractivity contribution >= 4 is 17.6 Å². The van der Waals surface area contributed by atoms with E-state index in [1.807, 2.05) is 89.2 Å². The smallest absolute Gasteiger partial charge is 0.322 e. The summed E-state index contributed by atoms with van der Waals surface area (Å²) < 4.78 is 0. The molecule has 3 amide bonds. The second kappa shape index (κ2) is 10.3. The number of hydrogen-bond donors (Lipinski definition) is 3. The van der Waals surface area contributed by atoms with Crippen LogP contribution in [0.15, 0.2) is 54.6 Å². The van der Waals surface area contributed by atoms with E-state index in [9.17, 15) is 14.7 Å². The van der Waals surface area contributed by atoms with Crippen LogP contribution in [0.1, 0.15) is 51.8 Å². The third-order valence-corrected chi connectivity index (χ3v) is 4.78. The first-order chi connectivity index (χ1) is 14.1. The Morgan fingerprint density at radius 3 is 2.13 bits per heavy atom. The van der Waals surface area contributed by atoms with Gasteiger partial charge in [0.15, 0.2) is 0 Å². The van der Waals surface area contributed by atoms with E-state index in [-0.39, 0.29) is 24.5 Å². The third kappa shape index (κ3) is 6.88. The molecule has 2 rings (SSSR count). The monoisotopic (exact) mass is 411 g/mol. The average molecular weight is 412 g/mol. The quantitative estimate of drug-likeness (QED) is 0.634. The maximum Gasteiger partial charge on any atom is 0.322 e. The lowest BCUT2D eigenvalue weighted by Crippen LogP contribution is -2.42. The van der Waals surface area contributed by atoms with Crippen LogP contribution in [0.3, 0.4) is 0 Å². The molecule has 0 heterocycles. The topological polar surface area (TPSA) is 81.7 Å². The number of carbonyl (C=O) groups is 2. The Kier molecular flexibility index (Phi) is 8.00. The summed E-state index contributed by atoms with van der Waals surface area (Å²) >= 11 is 0. The molecule has 0 saturated carbocycles. The number of aliphatic hydroxyl groups is 1. The predicted octanol–water partition coefficient (Wildman–Crippen LogP) is 4.32. The Labute approximate surface area is 179 Å². The minimum absolute atomic E-state index is 0.00979. The molecular formula is C24H33N3O3. The first-order valence-corrected chi connectivity index (χ1v) is 10.3. The minimum Gasteiger partial charge on any atom is -0.387 e. The molecule has 6 heteroatoms. The molecule has 0 aromatic heterocycles. The van der Waals surface area contributed by atoms with Crippen LogP contribution in [-0.4, -0.2) is 34.5 Å². The highest BCUT2D eigenvalue weighted by Crippen LogP contribution is 2.18. The minimum atomic E-state index is -0.756. The van der Waals surface area contributed by atoms with Crippen LogP contribution in [0.5, 0.6) is 0 Å². The van der Waals surface area contributed by atoms with E-state index in [0.717, 1.165) is 11.1 Å². The highest BCUT2D eigenvalue weighted by atomic mass is 16.3. The molecule has 1 atom stereocenters. The highest BCUT2D eigenvalue weighted by Gasteiger charge is 2.22. The normalized spacial score (nSPS) is 12.4. The number of urea groups is 1. The molecule has 162 valence electrons. The maximum absolute atomic E-state index is 12.8. The lowest BCUT2D eigenvalue weighted by atomic mass is 9.95.